The molecule has 0 spiro atoms. The first-order chi connectivity index (χ1) is 8.18. The van der Waals surface area contributed by atoms with Gasteiger partial charge in [-0.2, -0.15) is 0 Å². The third-order valence-electron chi connectivity index (χ3n) is 2.98. The molecule has 1 aromatic rings. The smallest absolute Gasteiger partial charge is 0.142 e. The van der Waals surface area contributed by atoms with Crippen molar-refractivity contribution in [2.75, 3.05) is 13.2 Å². The molecular formula is C13H18ClNO2. The highest BCUT2D eigenvalue weighted by atomic mass is 35.5. The Morgan fingerprint density at radius 3 is 3.18 bits per heavy atom. The molecule has 0 amide bonds. The lowest BCUT2D eigenvalue weighted by atomic mass is 10.0. The second kappa shape index (κ2) is 5.71. The molecule has 2 N–H and O–H groups in total. The summed E-state index contributed by atoms with van der Waals surface area (Å²) in [6, 6.07) is 6.11. The van der Waals surface area contributed by atoms with Gasteiger partial charge in [-0.15, -0.1) is 0 Å². The van der Waals surface area contributed by atoms with Crippen LogP contribution in [0.2, 0.25) is 5.02 Å². The number of hydrogen-bond acceptors (Lipinski definition) is 3. The van der Waals surface area contributed by atoms with Crippen molar-refractivity contribution in [1.82, 2.24) is 5.32 Å². The van der Waals surface area contributed by atoms with Gasteiger partial charge in [0.25, 0.3) is 0 Å². The van der Waals surface area contributed by atoms with Gasteiger partial charge in [-0.05, 0) is 26.0 Å². The van der Waals surface area contributed by atoms with Crippen molar-refractivity contribution in [2.45, 2.75) is 31.9 Å². The topological polar surface area (TPSA) is 41.5 Å². The molecule has 1 heterocycles. The first-order valence-corrected chi connectivity index (χ1v) is 6.39. The molecule has 0 radical (unpaired) electrons. The van der Waals surface area contributed by atoms with Gasteiger partial charge >= 0.3 is 0 Å². The van der Waals surface area contributed by atoms with E-state index >= 15 is 0 Å². The monoisotopic (exact) mass is 255 g/mol. The molecule has 4 heteroatoms. The summed E-state index contributed by atoms with van der Waals surface area (Å²) in [7, 11) is 0. The molecule has 17 heavy (non-hydrogen) atoms. The van der Waals surface area contributed by atoms with Crippen LogP contribution in [0.1, 0.15) is 31.4 Å². The molecule has 0 aromatic heterocycles. The maximum atomic E-state index is 9.24. The van der Waals surface area contributed by atoms with E-state index < -0.39 is 0 Å². The van der Waals surface area contributed by atoms with Crippen molar-refractivity contribution in [2.24, 2.45) is 0 Å². The zero-order valence-corrected chi connectivity index (χ0v) is 10.7. The summed E-state index contributed by atoms with van der Waals surface area (Å²) in [5.41, 5.74) is 1.12. The molecular weight excluding hydrogens is 238 g/mol. The van der Waals surface area contributed by atoms with Gasteiger partial charge in [0.15, 0.2) is 0 Å². The van der Waals surface area contributed by atoms with Gasteiger partial charge in [0.1, 0.15) is 5.75 Å². The minimum atomic E-state index is -0.263. The predicted octanol–water partition coefficient (Wildman–Crippen LogP) is 2.52. The van der Waals surface area contributed by atoms with E-state index in [1.54, 1.807) is 6.92 Å². The fourth-order valence-electron chi connectivity index (χ4n) is 2.07. The van der Waals surface area contributed by atoms with Crippen LogP contribution in [0.4, 0.5) is 0 Å². The number of nitrogens with one attached hydrogen (secondary N) is 1. The van der Waals surface area contributed by atoms with Gasteiger partial charge in [0, 0.05) is 18.0 Å². The lowest BCUT2D eigenvalue weighted by Gasteiger charge is -2.27. The van der Waals surface area contributed by atoms with E-state index in [1.165, 1.54) is 0 Å². The lowest BCUT2D eigenvalue weighted by molar-refractivity contribution is 0.179. The van der Waals surface area contributed by atoms with Crippen molar-refractivity contribution < 1.29 is 9.84 Å². The predicted molar refractivity (Wildman–Crippen MR) is 68.6 cm³/mol. The molecule has 3 nitrogen and oxygen atoms in total. The maximum absolute atomic E-state index is 9.24. The van der Waals surface area contributed by atoms with Crippen LogP contribution in [0.25, 0.3) is 0 Å². The molecule has 2 unspecified atom stereocenters. The highest BCUT2D eigenvalue weighted by molar-refractivity contribution is 6.32. The summed E-state index contributed by atoms with van der Waals surface area (Å²) in [5.74, 6) is 0.801. The zero-order chi connectivity index (χ0) is 12.3. The fourth-order valence-corrected chi connectivity index (χ4v) is 2.30. The van der Waals surface area contributed by atoms with E-state index in [-0.39, 0.29) is 12.1 Å². The van der Waals surface area contributed by atoms with Gasteiger partial charge in [0.2, 0.25) is 0 Å². The highest BCUT2D eigenvalue weighted by Crippen LogP contribution is 2.37. The molecule has 2 atom stereocenters. The van der Waals surface area contributed by atoms with Crippen LogP contribution in [0.15, 0.2) is 18.2 Å². The Kier molecular flexibility index (Phi) is 4.26. The molecule has 0 bridgehead atoms. The minimum Gasteiger partial charge on any atom is -0.492 e. The van der Waals surface area contributed by atoms with E-state index in [0.29, 0.717) is 11.6 Å². The van der Waals surface area contributed by atoms with E-state index in [0.717, 1.165) is 30.7 Å². The Hall–Kier alpha value is -0.770. The molecule has 2 rings (SSSR count). The molecule has 0 saturated carbocycles. The lowest BCUT2D eigenvalue weighted by Crippen LogP contribution is -2.29. The van der Waals surface area contributed by atoms with Crippen LogP contribution in [0, 0.1) is 0 Å². The number of rotatable bonds is 4. The minimum absolute atomic E-state index is 0.263. The van der Waals surface area contributed by atoms with Crippen molar-refractivity contribution in [3.8, 4) is 5.75 Å². The summed E-state index contributed by atoms with van der Waals surface area (Å²) in [6.07, 6.45) is 1.43. The van der Waals surface area contributed by atoms with Crippen LogP contribution in [0.3, 0.4) is 0 Å². The number of fused-ring (bicyclic) bond motifs is 1. The molecule has 94 valence electrons. The van der Waals surface area contributed by atoms with Gasteiger partial charge in [-0.25, -0.2) is 0 Å². The van der Waals surface area contributed by atoms with Crippen molar-refractivity contribution in [3.05, 3.63) is 28.8 Å². The van der Waals surface area contributed by atoms with Crippen LogP contribution < -0.4 is 10.1 Å². The molecule has 0 saturated heterocycles. The first kappa shape index (κ1) is 12.7. The number of aliphatic hydroxyl groups excluding tert-OH is 1. The van der Waals surface area contributed by atoms with Crippen molar-refractivity contribution >= 4 is 11.6 Å². The average molecular weight is 256 g/mol. The third-order valence-corrected chi connectivity index (χ3v) is 3.28. The number of para-hydroxylation sites is 1. The Morgan fingerprint density at radius 1 is 1.59 bits per heavy atom. The SMILES string of the molecule is CC(O)CCNC1CCOc2c(Cl)cccc21. The number of ether oxygens (including phenoxy) is 1. The van der Waals surface area contributed by atoms with Crippen LogP contribution in [-0.2, 0) is 0 Å². The summed E-state index contributed by atoms with van der Waals surface area (Å²) in [5, 5.41) is 13.3. The summed E-state index contributed by atoms with van der Waals surface area (Å²) in [6.45, 7) is 3.29. The first-order valence-electron chi connectivity index (χ1n) is 6.01. The summed E-state index contributed by atoms with van der Waals surface area (Å²) >= 11 is 6.10. The number of halogens is 1. The molecule has 0 aliphatic carbocycles. The maximum Gasteiger partial charge on any atom is 0.142 e. The second-order valence-electron chi connectivity index (χ2n) is 4.44. The largest absolute Gasteiger partial charge is 0.492 e. The highest BCUT2D eigenvalue weighted by Gasteiger charge is 2.22. The van der Waals surface area contributed by atoms with Gasteiger partial charge in [0.05, 0.1) is 17.7 Å². The molecule has 1 aromatic carbocycles. The van der Waals surface area contributed by atoms with Crippen molar-refractivity contribution in [1.29, 1.82) is 0 Å². The number of hydrogen-bond donors (Lipinski definition) is 2. The van der Waals surface area contributed by atoms with E-state index in [4.69, 9.17) is 16.3 Å². The standard InChI is InChI=1S/C13H18ClNO2/c1-9(16)5-7-15-12-6-8-17-13-10(12)3-2-4-11(13)14/h2-4,9,12,15-16H,5-8H2,1H3. The number of benzene rings is 1. The Bertz CT molecular complexity index is 382. The normalized spacial score (nSPS) is 20.5. The zero-order valence-electron chi connectivity index (χ0n) is 9.95. The Balaban J connectivity index is 2.04. The van der Waals surface area contributed by atoms with Crippen LogP contribution >= 0.6 is 11.6 Å². The van der Waals surface area contributed by atoms with Gasteiger partial charge in [-0.3, -0.25) is 0 Å². The quantitative estimate of drug-likeness (QED) is 0.869. The van der Waals surface area contributed by atoms with Crippen molar-refractivity contribution in [3.63, 3.8) is 0 Å². The summed E-state index contributed by atoms with van der Waals surface area (Å²) < 4.78 is 5.59. The third kappa shape index (κ3) is 3.12. The van der Waals surface area contributed by atoms with Crippen LogP contribution in [-0.4, -0.2) is 24.4 Å². The fraction of sp³-hybridized carbons (Fsp3) is 0.538. The Labute approximate surface area is 107 Å². The van der Waals surface area contributed by atoms with Crippen LogP contribution in [0.5, 0.6) is 5.75 Å². The number of aliphatic hydroxyl groups is 1. The van der Waals surface area contributed by atoms with Gasteiger partial charge < -0.3 is 15.2 Å². The summed E-state index contributed by atoms with van der Waals surface area (Å²) in [4.78, 5) is 0. The molecule has 1 aliphatic rings. The van der Waals surface area contributed by atoms with E-state index in [2.05, 4.69) is 5.32 Å². The second-order valence-corrected chi connectivity index (χ2v) is 4.85. The Morgan fingerprint density at radius 2 is 2.41 bits per heavy atom. The van der Waals surface area contributed by atoms with E-state index in [1.807, 2.05) is 18.2 Å². The molecule has 1 aliphatic heterocycles. The van der Waals surface area contributed by atoms with Gasteiger partial charge in [-0.1, -0.05) is 23.7 Å². The van der Waals surface area contributed by atoms with E-state index in [9.17, 15) is 5.11 Å². The average Bonchev–Trinajstić information content (AvgIpc) is 2.30. The molecule has 0 fully saturated rings.